The summed E-state index contributed by atoms with van der Waals surface area (Å²) in [7, 11) is 1.37. The van der Waals surface area contributed by atoms with E-state index in [1.807, 2.05) is 19.9 Å². The molecule has 3 rings (SSSR count). The second kappa shape index (κ2) is 7.23. The summed E-state index contributed by atoms with van der Waals surface area (Å²) >= 11 is 0. The summed E-state index contributed by atoms with van der Waals surface area (Å²) in [6.07, 6.45) is 2.40. The number of hydrogen-bond donors (Lipinski definition) is 3. The first kappa shape index (κ1) is 18.6. The Balaban J connectivity index is 2.02. The number of Topliss-reactive ketones (excluding diaryl/α,β-unsaturated/α-hetero) is 1. The molecule has 1 atom stereocenters. The fourth-order valence-electron chi connectivity index (χ4n) is 3.16. The molecule has 0 spiro atoms. The van der Waals surface area contributed by atoms with Crippen molar-refractivity contribution in [3.05, 3.63) is 52.6 Å². The van der Waals surface area contributed by atoms with Crippen LogP contribution in [0, 0.1) is 0 Å². The van der Waals surface area contributed by atoms with Crippen LogP contribution in [-0.2, 0) is 6.42 Å². The number of fused-ring (bicyclic) bond motifs is 1. The Morgan fingerprint density at radius 3 is 2.59 bits per heavy atom. The molecule has 1 aliphatic rings. The molecule has 1 heterocycles. The van der Waals surface area contributed by atoms with E-state index >= 15 is 0 Å². The largest absolute Gasteiger partial charge is 0.508 e. The summed E-state index contributed by atoms with van der Waals surface area (Å²) in [5, 5.41) is 30.5. The van der Waals surface area contributed by atoms with Crippen molar-refractivity contribution in [2.24, 2.45) is 0 Å². The van der Waals surface area contributed by atoms with Gasteiger partial charge in [0.1, 0.15) is 18.1 Å². The van der Waals surface area contributed by atoms with Crippen LogP contribution in [0.1, 0.15) is 41.3 Å². The van der Waals surface area contributed by atoms with Gasteiger partial charge < -0.3 is 24.8 Å². The van der Waals surface area contributed by atoms with Crippen molar-refractivity contribution in [1.29, 1.82) is 0 Å². The predicted octanol–water partition coefficient (Wildman–Crippen LogP) is 3.68. The molecule has 6 heteroatoms. The Morgan fingerprint density at radius 1 is 1.19 bits per heavy atom. The fraction of sp³-hybridized carbons (Fsp3) is 0.286. The minimum absolute atomic E-state index is 0.00353. The first-order chi connectivity index (χ1) is 12.8. The Bertz CT molecular complexity index is 925. The van der Waals surface area contributed by atoms with E-state index in [9.17, 15) is 20.1 Å². The Morgan fingerprint density at radius 2 is 1.93 bits per heavy atom. The van der Waals surface area contributed by atoms with Gasteiger partial charge in [-0.2, -0.15) is 0 Å². The molecule has 3 N–H and O–H groups in total. The van der Waals surface area contributed by atoms with Gasteiger partial charge in [-0.3, -0.25) is 4.79 Å². The number of benzene rings is 2. The number of allylic oxidation sites excluding steroid dienone is 2. The van der Waals surface area contributed by atoms with Crippen molar-refractivity contribution in [2.45, 2.75) is 26.2 Å². The molecule has 142 valence electrons. The third-order valence-electron chi connectivity index (χ3n) is 4.67. The van der Waals surface area contributed by atoms with Gasteiger partial charge in [0, 0.05) is 11.1 Å². The van der Waals surface area contributed by atoms with Crippen molar-refractivity contribution in [1.82, 2.24) is 0 Å². The minimum atomic E-state index is -0.768. The van der Waals surface area contributed by atoms with Crippen LogP contribution in [0.2, 0.25) is 0 Å². The molecular weight excluding hydrogens is 348 g/mol. The van der Waals surface area contributed by atoms with Crippen molar-refractivity contribution in [3.8, 4) is 28.7 Å². The van der Waals surface area contributed by atoms with Gasteiger partial charge in [-0.05, 0) is 38.5 Å². The highest BCUT2D eigenvalue weighted by Crippen LogP contribution is 2.45. The van der Waals surface area contributed by atoms with Crippen molar-refractivity contribution < 1.29 is 29.6 Å². The van der Waals surface area contributed by atoms with Crippen LogP contribution >= 0.6 is 0 Å². The molecule has 0 bridgehead atoms. The number of aromatic hydroxyl groups is 3. The van der Waals surface area contributed by atoms with Crippen molar-refractivity contribution in [2.75, 3.05) is 13.7 Å². The van der Waals surface area contributed by atoms with E-state index in [1.165, 1.54) is 31.4 Å². The average molecular weight is 370 g/mol. The molecule has 0 unspecified atom stereocenters. The first-order valence-electron chi connectivity index (χ1n) is 8.59. The maximum Gasteiger partial charge on any atom is 0.200 e. The lowest BCUT2D eigenvalue weighted by atomic mass is 9.86. The van der Waals surface area contributed by atoms with E-state index in [1.54, 1.807) is 0 Å². The van der Waals surface area contributed by atoms with Gasteiger partial charge in [-0.15, -0.1) is 0 Å². The zero-order valence-corrected chi connectivity index (χ0v) is 15.4. The van der Waals surface area contributed by atoms with E-state index in [4.69, 9.17) is 9.47 Å². The number of rotatable bonds is 4. The summed E-state index contributed by atoms with van der Waals surface area (Å²) in [4.78, 5) is 13.0. The third kappa shape index (κ3) is 3.30. The lowest BCUT2D eigenvalue weighted by Gasteiger charge is -2.27. The van der Waals surface area contributed by atoms with Gasteiger partial charge in [0.15, 0.2) is 17.3 Å². The fourth-order valence-corrected chi connectivity index (χ4v) is 3.16. The second-order valence-electron chi connectivity index (χ2n) is 6.71. The average Bonchev–Trinajstić information content (AvgIpc) is 2.64. The monoisotopic (exact) mass is 370 g/mol. The van der Waals surface area contributed by atoms with E-state index < -0.39 is 17.4 Å². The van der Waals surface area contributed by atoms with Gasteiger partial charge in [0.2, 0.25) is 5.75 Å². The van der Waals surface area contributed by atoms with E-state index in [2.05, 4.69) is 0 Å². The van der Waals surface area contributed by atoms with Gasteiger partial charge in [-0.1, -0.05) is 17.7 Å². The van der Waals surface area contributed by atoms with Crippen LogP contribution < -0.4 is 9.47 Å². The second-order valence-corrected chi connectivity index (χ2v) is 6.71. The van der Waals surface area contributed by atoms with Gasteiger partial charge >= 0.3 is 0 Å². The number of phenols is 3. The molecule has 1 aliphatic heterocycles. The summed E-state index contributed by atoms with van der Waals surface area (Å²) in [6, 6.07) is 6.02. The van der Waals surface area contributed by atoms with Crippen molar-refractivity contribution in [3.63, 3.8) is 0 Å². The molecule has 0 saturated carbocycles. The zero-order valence-electron chi connectivity index (χ0n) is 15.4. The molecule has 2 aromatic rings. The standard InChI is InChI=1S/C21H22O6/c1-11(2)4-5-13-16(22)8-6-14-18(23)15(10-27-21(13)14)12-7-9-17(26-3)20(25)19(12)24/h4,6-9,15,22,24-25H,5,10H2,1-3H3/t15-/m1/s1. The summed E-state index contributed by atoms with van der Waals surface area (Å²) in [5.74, 6) is -1.26. The maximum atomic E-state index is 13.0. The number of ketones is 1. The third-order valence-corrected chi connectivity index (χ3v) is 4.67. The number of carbonyl (C=O) groups is 1. The van der Waals surface area contributed by atoms with Crippen LogP contribution in [0.3, 0.4) is 0 Å². The highest BCUT2D eigenvalue weighted by atomic mass is 16.5. The zero-order chi connectivity index (χ0) is 19.7. The summed E-state index contributed by atoms with van der Waals surface area (Å²) in [6.45, 7) is 3.90. The highest BCUT2D eigenvalue weighted by molar-refractivity contribution is 6.05. The molecular formula is C21H22O6. The predicted molar refractivity (Wildman–Crippen MR) is 100 cm³/mol. The van der Waals surface area contributed by atoms with E-state index in [0.717, 1.165) is 5.57 Å². The van der Waals surface area contributed by atoms with Crippen LogP contribution in [-0.4, -0.2) is 34.8 Å². The van der Waals surface area contributed by atoms with Crippen LogP contribution in [0.5, 0.6) is 28.7 Å². The highest BCUT2D eigenvalue weighted by Gasteiger charge is 2.34. The number of ether oxygens (including phenoxy) is 2. The molecule has 0 fully saturated rings. The molecule has 0 radical (unpaired) electrons. The number of hydrogen-bond acceptors (Lipinski definition) is 6. The van der Waals surface area contributed by atoms with Crippen LogP contribution in [0.15, 0.2) is 35.9 Å². The first-order valence-corrected chi connectivity index (χ1v) is 8.59. The molecule has 0 amide bonds. The van der Waals surface area contributed by atoms with E-state index in [-0.39, 0.29) is 29.5 Å². The molecule has 0 aliphatic carbocycles. The smallest absolute Gasteiger partial charge is 0.200 e. The van der Waals surface area contributed by atoms with Gasteiger partial charge in [-0.25, -0.2) is 0 Å². The number of carbonyl (C=O) groups excluding carboxylic acids is 1. The van der Waals surface area contributed by atoms with Crippen molar-refractivity contribution >= 4 is 5.78 Å². The molecule has 0 saturated heterocycles. The SMILES string of the molecule is COc1ccc([C@H]2COc3c(ccc(O)c3CC=C(C)C)C2=O)c(O)c1O. The Labute approximate surface area is 157 Å². The lowest BCUT2D eigenvalue weighted by molar-refractivity contribution is 0.0892. The summed E-state index contributed by atoms with van der Waals surface area (Å²) < 4.78 is 10.8. The Hall–Kier alpha value is -3.15. The Kier molecular flexibility index (Phi) is 4.99. The van der Waals surface area contributed by atoms with E-state index in [0.29, 0.717) is 23.3 Å². The minimum Gasteiger partial charge on any atom is -0.508 e. The van der Waals surface area contributed by atoms with Gasteiger partial charge in [0.05, 0.1) is 18.6 Å². The number of phenolic OH excluding ortho intramolecular Hbond substituents is 3. The topological polar surface area (TPSA) is 96.2 Å². The van der Waals surface area contributed by atoms with Gasteiger partial charge in [0.25, 0.3) is 0 Å². The molecule has 0 aromatic heterocycles. The molecule has 2 aromatic carbocycles. The molecule has 27 heavy (non-hydrogen) atoms. The summed E-state index contributed by atoms with van der Waals surface area (Å²) in [5.41, 5.74) is 2.26. The number of methoxy groups -OCH3 is 1. The molecule has 6 nitrogen and oxygen atoms in total. The quantitative estimate of drug-likeness (QED) is 0.561. The normalized spacial score (nSPS) is 15.7. The van der Waals surface area contributed by atoms with Crippen LogP contribution in [0.4, 0.5) is 0 Å². The lowest BCUT2D eigenvalue weighted by Crippen LogP contribution is -2.27. The van der Waals surface area contributed by atoms with Crippen LogP contribution in [0.25, 0.3) is 0 Å². The maximum absolute atomic E-state index is 13.0.